The second-order valence-electron chi connectivity index (χ2n) is 4.39. The van der Waals surface area contributed by atoms with Crippen molar-refractivity contribution in [3.63, 3.8) is 0 Å². The fraction of sp³-hybridized carbons (Fsp3) is 0.364. The molecular weight excluding hydrogens is 215 g/mol. The van der Waals surface area contributed by atoms with Crippen molar-refractivity contribution < 1.29 is 24.1 Å². The molecule has 88 valence electrons. The lowest BCUT2D eigenvalue weighted by atomic mass is 9.85. The maximum Gasteiger partial charge on any atom is 0.511 e. The van der Waals surface area contributed by atoms with Gasteiger partial charge < -0.3 is 14.9 Å². The van der Waals surface area contributed by atoms with E-state index in [1.807, 2.05) is 0 Å². The Morgan fingerprint density at radius 1 is 1.38 bits per heavy atom. The van der Waals surface area contributed by atoms with Crippen molar-refractivity contribution in [2.24, 2.45) is 0 Å². The van der Waals surface area contributed by atoms with Crippen molar-refractivity contribution in [2.75, 3.05) is 0 Å². The highest BCUT2D eigenvalue weighted by Gasteiger charge is 2.25. The maximum absolute atomic E-state index is 13.5. The molecule has 0 unspecified atom stereocenters. The van der Waals surface area contributed by atoms with E-state index in [0.29, 0.717) is 0 Å². The van der Waals surface area contributed by atoms with E-state index in [1.165, 1.54) is 0 Å². The summed E-state index contributed by atoms with van der Waals surface area (Å²) in [5.41, 5.74) is -0.613. The Labute approximate surface area is 92.3 Å². The van der Waals surface area contributed by atoms with E-state index < -0.39 is 23.1 Å². The Kier molecular flexibility index (Phi) is 3.07. The van der Waals surface area contributed by atoms with E-state index in [0.717, 1.165) is 12.1 Å². The quantitative estimate of drug-likeness (QED) is 0.573. The van der Waals surface area contributed by atoms with Gasteiger partial charge in [0.2, 0.25) is 0 Å². The van der Waals surface area contributed by atoms with Crippen LogP contribution in [0.5, 0.6) is 11.5 Å². The molecule has 1 aromatic carbocycles. The molecule has 0 aliphatic carbocycles. The topological polar surface area (TPSA) is 66.8 Å². The van der Waals surface area contributed by atoms with Gasteiger partial charge in [0, 0.05) is 5.56 Å². The fourth-order valence-electron chi connectivity index (χ4n) is 1.44. The molecule has 0 radical (unpaired) electrons. The van der Waals surface area contributed by atoms with Crippen LogP contribution in [0.1, 0.15) is 26.3 Å². The summed E-state index contributed by atoms with van der Waals surface area (Å²) in [6.07, 6.45) is -1.55. The van der Waals surface area contributed by atoms with Gasteiger partial charge in [0.15, 0.2) is 11.5 Å². The Balaban J connectivity index is 3.33. The van der Waals surface area contributed by atoms with Crippen molar-refractivity contribution in [2.45, 2.75) is 26.2 Å². The van der Waals surface area contributed by atoms with Gasteiger partial charge in [-0.3, -0.25) is 0 Å². The number of carbonyl (C=O) groups is 1. The standard InChI is InChI=1S/C11H13FO4/c1-11(2,3)8-6(12)4-5-7(9(8)13)16-10(14)15/h4-5,13H,1-3H3,(H,14,15). The molecule has 0 fully saturated rings. The van der Waals surface area contributed by atoms with Gasteiger partial charge in [-0.2, -0.15) is 0 Å². The zero-order chi connectivity index (χ0) is 12.5. The lowest BCUT2D eigenvalue weighted by molar-refractivity contribution is 0.142. The highest BCUT2D eigenvalue weighted by Crippen LogP contribution is 2.39. The normalized spacial score (nSPS) is 11.2. The number of ether oxygens (including phenoxy) is 1. The lowest BCUT2D eigenvalue weighted by Gasteiger charge is -2.21. The van der Waals surface area contributed by atoms with Crippen LogP contribution in [0.4, 0.5) is 9.18 Å². The van der Waals surface area contributed by atoms with E-state index in [4.69, 9.17) is 5.11 Å². The second-order valence-corrected chi connectivity index (χ2v) is 4.39. The molecule has 0 aliphatic rings. The highest BCUT2D eigenvalue weighted by atomic mass is 19.1. The van der Waals surface area contributed by atoms with Crippen molar-refractivity contribution in [3.8, 4) is 11.5 Å². The molecule has 5 heteroatoms. The maximum atomic E-state index is 13.5. The number of phenolic OH excluding ortho intramolecular Hbond substituents is 1. The largest absolute Gasteiger partial charge is 0.511 e. The Bertz CT molecular complexity index is 421. The molecule has 0 aromatic heterocycles. The van der Waals surface area contributed by atoms with E-state index in [-0.39, 0.29) is 11.3 Å². The summed E-state index contributed by atoms with van der Waals surface area (Å²) in [5, 5.41) is 18.2. The van der Waals surface area contributed by atoms with Crippen molar-refractivity contribution in [1.82, 2.24) is 0 Å². The second kappa shape index (κ2) is 4.00. The summed E-state index contributed by atoms with van der Waals surface area (Å²) in [6, 6.07) is 2.15. The number of aromatic hydroxyl groups is 1. The summed E-state index contributed by atoms with van der Waals surface area (Å²) in [7, 11) is 0. The molecule has 2 N–H and O–H groups in total. The minimum absolute atomic E-state index is 0.0336. The minimum Gasteiger partial charge on any atom is -0.504 e. The molecule has 4 nitrogen and oxygen atoms in total. The average molecular weight is 228 g/mol. The Morgan fingerprint density at radius 3 is 2.38 bits per heavy atom. The minimum atomic E-state index is -1.55. The molecule has 0 saturated carbocycles. The first-order valence-corrected chi connectivity index (χ1v) is 4.66. The molecule has 1 aromatic rings. The van der Waals surface area contributed by atoms with E-state index >= 15 is 0 Å². The Hall–Kier alpha value is -1.78. The number of hydrogen-bond donors (Lipinski definition) is 2. The van der Waals surface area contributed by atoms with Gasteiger partial charge in [-0.25, -0.2) is 9.18 Å². The van der Waals surface area contributed by atoms with E-state index in [1.54, 1.807) is 20.8 Å². The summed E-state index contributed by atoms with van der Waals surface area (Å²) in [6.45, 7) is 5.11. The van der Waals surface area contributed by atoms with Crippen LogP contribution in [0.3, 0.4) is 0 Å². The third-order valence-corrected chi connectivity index (χ3v) is 2.04. The van der Waals surface area contributed by atoms with Crippen LogP contribution < -0.4 is 4.74 Å². The SMILES string of the molecule is CC(C)(C)c1c(F)ccc(OC(=O)O)c1O. The number of phenols is 1. The van der Waals surface area contributed by atoms with Gasteiger partial charge in [0.05, 0.1) is 0 Å². The van der Waals surface area contributed by atoms with Crippen LogP contribution >= 0.6 is 0 Å². The van der Waals surface area contributed by atoms with Gasteiger partial charge in [-0.1, -0.05) is 20.8 Å². The number of hydrogen-bond acceptors (Lipinski definition) is 3. The predicted octanol–water partition coefficient (Wildman–Crippen LogP) is 2.89. The number of halogens is 1. The van der Waals surface area contributed by atoms with Crippen LogP contribution in [-0.4, -0.2) is 16.4 Å². The van der Waals surface area contributed by atoms with Gasteiger partial charge in [0.1, 0.15) is 5.82 Å². The van der Waals surface area contributed by atoms with E-state index in [9.17, 15) is 14.3 Å². The van der Waals surface area contributed by atoms with Crippen LogP contribution in [0, 0.1) is 5.82 Å². The third-order valence-electron chi connectivity index (χ3n) is 2.04. The Morgan fingerprint density at radius 2 is 1.94 bits per heavy atom. The smallest absolute Gasteiger partial charge is 0.504 e. The van der Waals surface area contributed by atoms with Crippen LogP contribution in [0.25, 0.3) is 0 Å². The third kappa shape index (κ3) is 2.42. The first kappa shape index (κ1) is 12.3. The van der Waals surface area contributed by atoms with E-state index in [2.05, 4.69) is 4.74 Å². The molecule has 0 aliphatic heterocycles. The first-order valence-electron chi connectivity index (χ1n) is 4.66. The monoisotopic (exact) mass is 228 g/mol. The lowest BCUT2D eigenvalue weighted by Crippen LogP contribution is -2.15. The van der Waals surface area contributed by atoms with Crippen LogP contribution in [0.2, 0.25) is 0 Å². The summed E-state index contributed by atoms with van der Waals surface area (Å²) in [5.74, 6) is -1.34. The molecule has 0 heterocycles. The number of carboxylic acid groups (broad SMARTS) is 1. The van der Waals surface area contributed by atoms with Gasteiger partial charge in [-0.15, -0.1) is 0 Å². The first-order chi connectivity index (χ1) is 7.23. The van der Waals surface area contributed by atoms with Gasteiger partial charge in [0.25, 0.3) is 0 Å². The predicted molar refractivity (Wildman–Crippen MR) is 55.4 cm³/mol. The summed E-state index contributed by atoms with van der Waals surface area (Å²) >= 11 is 0. The van der Waals surface area contributed by atoms with Crippen molar-refractivity contribution in [1.29, 1.82) is 0 Å². The average Bonchev–Trinajstić information content (AvgIpc) is 2.07. The summed E-state index contributed by atoms with van der Waals surface area (Å²) < 4.78 is 17.8. The molecule has 1 rings (SSSR count). The van der Waals surface area contributed by atoms with Gasteiger partial charge in [-0.05, 0) is 17.5 Å². The van der Waals surface area contributed by atoms with Crippen LogP contribution in [0.15, 0.2) is 12.1 Å². The van der Waals surface area contributed by atoms with Crippen molar-refractivity contribution in [3.05, 3.63) is 23.5 Å². The number of rotatable bonds is 1. The molecule has 16 heavy (non-hydrogen) atoms. The fourth-order valence-corrected chi connectivity index (χ4v) is 1.44. The summed E-state index contributed by atoms with van der Waals surface area (Å²) in [4.78, 5) is 10.3. The molecule has 0 saturated heterocycles. The van der Waals surface area contributed by atoms with Gasteiger partial charge >= 0.3 is 6.16 Å². The highest BCUT2D eigenvalue weighted by molar-refractivity contribution is 5.64. The molecule has 0 bridgehead atoms. The zero-order valence-electron chi connectivity index (χ0n) is 9.24. The molecule has 0 amide bonds. The zero-order valence-corrected chi connectivity index (χ0v) is 9.24. The molecule has 0 atom stereocenters. The van der Waals surface area contributed by atoms with Crippen LogP contribution in [-0.2, 0) is 5.41 Å². The van der Waals surface area contributed by atoms with Crippen molar-refractivity contribution >= 4 is 6.16 Å². The number of benzene rings is 1. The molecular formula is C11H13FO4. The molecule has 0 spiro atoms.